The van der Waals surface area contributed by atoms with E-state index in [4.69, 9.17) is 0 Å². The Hall–Kier alpha value is -0.570. The Bertz CT molecular complexity index is 343. The van der Waals surface area contributed by atoms with E-state index in [9.17, 15) is 9.90 Å². The van der Waals surface area contributed by atoms with E-state index < -0.39 is 12.1 Å². The summed E-state index contributed by atoms with van der Waals surface area (Å²) in [4.78, 5) is 11.1. The van der Waals surface area contributed by atoms with Crippen molar-refractivity contribution in [2.24, 2.45) is 0 Å². The molecule has 30 heavy (non-hydrogen) atoms. The van der Waals surface area contributed by atoms with Gasteiger partial charge in [-0.05, 0) is 6.42 Å². The van der Waals surface area contributed by atoms with Crippen LogP contribution in [-0.4, -0.2) is 24.3 Å². The first-order valence-electron chi connectivity index (χ1n) is 13.5. The molecule has 1 N–H and O–H groups in total. The van der Waals surface area contributed by atoms with Gasteiger partial charge >= 0.3 is 5.97 Å². The topological polar surface area (TPSA) is 46.5 Å². The molecular weight excluding hydrogens is 372 g/mol. The fourth-order valence-corrected chi connectivity index (χ4v) is 4.20. The summed E-state index contributed by atoms with van der Waals surface area (Å²) in [7, 11) is 1.32. The molecule has 180 valence electrons. The first kappa shape index (κ1) is 29.4. The second-order valence-corrected chi connectivity index (χ2v) is 9.25. The number of methoxy groups -OCH3 is 1. The number of carbonyl (C=O) groups excluding carboxylic acids is 1. The van der Waals surface area contributed by atoms with E-state index in [1.54, 1.807) is 0 Å². The number of aliphatic hydroxyl groups is 1. The molecular formula is C27H54O3. The Labute approximate surface area is 188 Å². The lowest BCUT2D eigenvalue weighted by molar-refractivity contribution is -0.150. The van der Waals surface area contributed by atoms with Crippen molar-refractivity contribution in [3.05, 3.63) is 0 Å². The molecule has 0 fully saturated rings. The number of aliphatic hydroxyl groups excluding tert-OH is 1. The third-order valence-corrected chi connectivity index (χ3v) is 6.30. The lowest BCUT2D eigenvalue weighted by atomic mass is 10.0. The van der Waals surface area contributed by atoms with Crippen molar-refractivity contribution in [3.8, 4) is 0 Å². The van der Waals surface area contributed by atoms with Crippen LogP contribution in [0.2, 0.25) is 0 Å². The van der Waals surface area contributed by atoms with Gasteiger partial charge in [-0.15, -0.1) is 0 Å². The van der Waals surface area contributed by atoms with Gasteiger partial charge in [-0.2, -0.15) is 0 Å². The van der Waals surface area contributed by atoms with Crippen LogP contribution in [-0.2, 0) is 9.53 Å². The first-order chi connectivity index (χ1) is 14.7. The highest BCUT2D eigenvalue weighted by Gasteiger charge is 2.13. The molecule has 1 unspecified atom stereocenters. The van der Waals surface area contributed by atoms with Gasteiger partial charge in [-0.25, -0.2) is 4.79 Å². The van der Waals surface area contributed by atoms with Crippen LogP contribution >= 0.6 is 0 Å². The first-order valence-corrected chi connectivity index (χ1v) is 13.5. The molecule has 0 aliphatic rings. The molecule has 3 heteroatoms. The number of hydrogen-bond acceptors (Lipinski definition) is 3. The lowest BCUT2D eigenvalue weighted by Gasteiger charge is -2.07. The Morgan fingerprint density at radius 1 is 0.567 bits per heavy atom. The number of carbonyl (C=O) groups is 1. The molecule has 0 aromatic carbocycles. The van der Waals surface area contributed by atoms with Crippen LogP contribution in [0.25, 0.3) is 0 Å². The number of hydrogen-bond donors (Lipinski definition) is 1. The van der Waals surface area contributed by atoms with Crippen LogP contribution in [0.3, 0.4) is 0 Å². The predicted molar refractivity (Wildman–Crippen MR) is 130 cm³/mol. The molecule has 0 aliphatic carbocycles. The van der Waals surface area contributed by atoms with E-state index in [0.29, 0.717) is 6.42 Å². The van der Waals surface area contributed by atoms with Crippen LogP contribution in [0.4, 0.5) is 0 Å². The standard InChI is InChI=1S/C27H54O3/c1-3-4-5-6-7-8-9-10-11-12-13-14-15-16-17-18-19-20-21-22-23-24-25-26(28)27(29)30-2/h26,28H,3-25H2,1-2H3. The largest absolute Gasteiger partial charge is 0.467 e. The van der Waals surface area contributed by atoms with E-state index in [1.807, 2.05) is 0 Å². The van der Waals surface area contributed by atoms with E-state index in [1.165, 1.54) is 136 Å². The zero-order valence-electron chi connectivity index (χ0n) is 20.6. The van der Waals surface area contributed by atoms with Gasteiger partial charge in [0.25, 0.3) is 0 Å². The minimum absolute atomic E-state index is 0.501. The van der Waals surface area contributed by atoms with Crippen molar-refractivity contribution in [1.82, 2.24) is 0 Å². The number of unbranched alkanes of at least 4 members (excludes halogenated alkanes) is 21. The predicted octanol–water partition coefficient (Wildman–Crippen LogP) is 8.51. The van der Waals surface area contributed by atoms with Gasteiger partial charge in [-0.3, -0.25) is 0 Å². The maximum atomic E-state index is 11.1. The number of esters is 1. The molecule has 0 spiro atoms. The molecule has 3 nitrogen and oxygen atoms in total. The average molecular weight is 427 g/mol. The maximum absolute atomic E-state index is 11.1. The summed E-state index contributed by atoms with van der Waals surface area (Å²) in [6.07, 6.45) is 29.8. The normalized spacial score (nSPS) is 12.2. The highest BCUT2D eigenvalue weighted by atomic mass is 16.5. The minimum atomic E-state index is -0.930. The van der Waals surface area contributed by atoms with Gasteiger partial charge in [-0.1, -0.05) is 148 Å². The van der Waals surface area contributed by atoms with Crippen LogP contribution in [0.1, 0.15) is 155 Å². The molecule has 0 saturated carbocycles. The second-order valence-electron chi connectivity index (χ2n) is 9.25. The molecule has 0 saturated heterocycles. The van der Waals surface area contributed by atoms with E-state index in [-0.39, 0.29) is 0 Å². The number of rotatable bonds is 24. The summed E-state index contributed by atoms with van der Waals surface area (Å²) in [6.45, 7) is 2.29. The van der Waals surface area contributed by atoms with Crippen molar-refractivity contribution in [1.29, 1.82) is 0 Å². The fraction of sp³-hybridized carbons (Fsp3) is 0.963. The SMILES string of the molecule is CCCCCCCCCCCCCCCCCCCCCCCCC(O)C(=O)OC. The minimum Gasteiger partial charge on any atom is -0.467 e. The molecule has 0 radical (unpaired) electrons. The van der Waals surface area contributed by atoms with Crippen molar-refractivity contribution >= 4 is 5.97 Å². The summed E-state index contributed by atoms with van der Waals surface area (Å²) in [5.41, 5.74) is 0. The lowest BCUT2D eigenvalue weighted by Crippen LogP contribution is -2.21. The van der Waals surface area contributed by atoms with Gasteiger partial charge < -0.3 is 9.84 Å². The monoisotopic (exact) mass is 426 g/mol. The highest BCUT2D eigenvalue weighted by molar-refractivity contribution is 5.74. The maximum Gasteiger partial charge on any atom is 0.334 e. The van der Waals surface area contributed by atoms with Crippen molar-refractivity contribution in [2.75, 3.05) is 7.11 Å². The van der Waals surface area contributed by atoms with E-state index in [2.05, 4.69) is 11.7 Å². The quantitative estimate of drug-likeness (QED) is 0.124. The van der Waals surface area contributed by atoms with Crippen LogP contribution in [0, 0.1) is 0 Å². The Morgan fingerprint density at radius 2 is 0.833 bits per heavy atom. The van der Waals surface area contributed by atoms with Crippen molar-refractivity contribution < 1.29 is 14.6 Å². The zero-order chi connectivity index (χ0) is 22.1. The Balaban J connectivity index is 3.07. The molecule has 0 rings (SSSR count). The van der Waals surface area contributed by atoms with Gasteiger partial charge in [0, 0.05) is 0 Å². The average Bonchev–Trinajstić information content (AvgIpc) is 2.76. The van der Waals surface area contributed by atoms with Crippen LogP contribution in [0.15, 0.2) is 0 Å². The molecule has 0 amide bonds. The third-order valence-electron chi connectivity index (χ3n) is 6.30. The molecule has 0 heterocycles. The molecule has 0 aromatic heterocycles. The van der Waals surface area contributed by atoms with Crippen LogP contribution in [0.5, 0.6) is 0 Å². The van der Waals surface area contributed by atoms with Gasteiger partial charge in [0.15, 0.2) is 6.10 Å². The smallest absolute Gasteiger partial charge is 0.334 e. The summed E-state index contributed by atoms with van der Waals surface area (Å²) in [5, 5.41) is 9.51. The summed E-state index contributed by atoms with van der Waals surface area (Å²) in [6, 6.07) is 0. The third kappa shape index (κ3) is 22.1. The number of ether oxygens (including phenoxy) is 1. The van der Waals surface area contributed by atoms with Gasteiger partial charge in [0.2, 0.25) is 0 Å². The fourth-order valence-electron chi connectivity index (χ4n) is 4.20. The van der Waals surface area contributed by atoms with Crippen molar-refractivity contribution in [2.45, 2.75) is 161 Å². The van der Waals surface area contributed by atoms with Crippen molar-refractivity contribution in [3.63, 3.8) is 0 Å². The summed E-state index contributed by atoms with van der Waals surface area (Å²) >= 11 is 0. The Morgan fingerprint density at radius 3 is 1.10 bits per heavy atom. The molecule has 0 bridgehead atoms. The highest BCUT2D eigenvalue weighted by Crippen LogP contribution is 2.15. The van der Waals surface area contributed by atoms with Crippen LogP contribution < -0.4 is 0 Å². The summed E-state index contributed by atoms with van der Waals surface area (Å²) < 4.78 is 4.52. The molecule has 0 aliphatic heterocycles. The van der Waals surface area contributed by atoms with E-state index >= 15 is 0 Å². The Kier molecular flexibility index (Phi) is 24.2. The second kappa shape index (κ2) is 24.7. The zero-order valence-corrected chi connectivity index (χ0v) is 20.6. The molecule has 0 aromatic rings. The summed E-state index contributed by atoms with van der Waals surface area (Å²) in [5.74, 6) is -0.501. The van der Waals surface area contributed by atoms with E-state index in [0.717, 1.165) is 12.8 Å². The van der Waals surface area contributed by atoms with Gasteiger partial charge in [0.1, 0.15) is 0 Å². The molecule has 1 atom stereocenters. The van der Waals surface area contributed by atoms with Gasteiger partial charge in [0.05, 0.1) is 7.11 Å².